The number of hydrogen-bond acceptors (Lipinski definition) is 4. The van der Waals surface area contributed by atoms with Crippen molar-refractivity contribution in [3.63, 3.8) is 0 Å². The van der Waals surface area contributed by atoms with Gasteiger partial charge in [0.05, 0.1) is 4.90 Å². The van der Waals surface area contributed by atoms with Crippen molar-refractivity contribution in [1.82, 2.24) is 10.0 Å². The number of aliphatic imine (C=N–C) groups is 1. The van der Waals surface area contributed by atoms with E-state index in [9.17, 15) is 26.4 Å². The molecule has 1 aromatic rings. The van der Waals surface area contributed by atoms with E-state index in [0.717, 1.165) is 0 Å². The van der Waals surface area contributed by atoms with Crippen molar-refractivity contribution >= 4 is 21.8 Å². The summed E-state index contributed by atoms with van der Waals surface area (Å²) in [6, 6.07) is 5.96. The van der Waals surface area contributed by atoms with E-state index in [4.69, 9.17) is 0 Å². The van der Waals surface area contributed by atoms with Gasteiger partial charge >= 0.3 is 6.18 Å². The first kappa shape index (κ1) is 15.3. The van der Waals surface area contributed by atoms with Crippen LogP contribution < -0.4 is 10.0 Å². The smallest absolute Gasteiger partial charge is 0.345 e. The molecule has 0 spiro atoms. The second-order valence-electron chi connectivity index (χ2n) is 4.16. The molecule has 6 nitrogen and oxygen atoms in total. The average molecular weight is 321 g/mol. The van der Waals surface area contributed by atoms with Crippen molar-refractivity contribution in [3.05, 3.63) is 29.8 Å². The molecule has 0 aliphatic carbocycles. The Balaban J connectivity index is 2.09. The van der Waals surface area contributed by atoms with Crippen LogP contribution in [0.15, 0.2) is 34.2 Å². The van der Waals surface area contributed by atoms with Gasteiger partial charge in [-0.15, -0.1) is 0 Å². The lowest BCUT2D eigenvalue weighted by atomic mass is 10.2. The van der Waals surface area contributed by atoms with Crippen LogP contribution in [0.25, 0.3) is 0 Å². The molecule has 1 aliphatic heterocycles. The molecule has 1 aliphatic rings. The molecule has 1 amide bonds. The summed E-state index contributed by atoms with van der Waals surface area (Å²) in [7, 11) is -3.73. The predicted molar refractivity (Wildman–Crippen MR) is 67.2 cm³/mol. The Kier molecular flexibility index (Phi) is 3.90. The molecule has 2 rings (SSSR count). The molecule has 0 saturated carbocycles. The Labute approximate surface area is 118 Å². The number of carbonyl (C=O) groups is 1. The summed E-state index contributed by atoms with van der Waals surface area (Å²) in [5.74, 6) is -1.02. The normalized spacial score (nSPS) is 18.1. The highest BCUT2D eigenvalue weighted by Gasteiger charge is 2.30. The first-order valence-electron chi connectivity index (χ1n) is 5.69. The van der Waals surface area contributed by atoms with Gasteiger partial charge in [0, 0.05) is 5.56 Å². The monoisotopic (exact) mass is 321 g/mol. The number of alkyl halides is 3. The zero-order valence-electron chi connectivity index (χ0n) is 10.4. The van der Waals surface area contributed by atoms with Gasteiger partial charge in [0.2, 0.25) is 5.91 Å². The number of sulfonamides is 1. The van der Waals surface area contributed by atoms with E-state index < -0.39 is 35.2 Å². The number of carbonyl (C=O) groups excluding carboxylic acids is 1. The number of benzene rings is 1. The molecule has 0 saturated heterocycles. The van der Waals surface area contributed by atoms with E-state index in [1.54, 1.807) is 11.4 Å². The highest BCUT2D eigenvalue weighted by Crippen LogP contribution is 2.21. The maximum Gasteiger partial charge on any atom is 0.405 e. The molecule has 0 bridgehead atoms. The van der Waals surface area contributed by atoms with Crippen molar-refractivity contribution in [1.29, 1.82) is 0 Å². The lowest BCUT2D eigenvalue weighted by Gasteiger charge is -2.07. The number of fused-ring (bicyclic) bond motifs is 1. The van der Waals surface area contributed by atoms with Crippen LogP contribution in [0.5, 0.6) is 0 Å². The largest absolute Gasteiger partial charge is 0.405 e. The molecular formula is C11H10F3N3O3S. The molecule has 0 fully saturated rings. The Bertz CT molecular complexity index is 698. The summed E-state index contributed by atoms with van der Waals surface area (Å²) in [5.41, 5.74) is 0.279. The van der Waals surface area contributed by atoms with E-state index in [0.29, 0.717) is 0 Å². The minimum atomic E-state index is -4.51. The Morgan fingerprint density at radius 3 is 2.62 bits per heavy atom. The molecule has 1 aromatic carbocycles. The summed E-state index contributed by atoms with van der Waals surface area (Å²) in [6.45, 7) is -2.07. The fourth-order valence-corrected chi connectivity index (χ4v) is 2.91. The number of amidine groups is 1. The number of nitrogens with one attached hydrogen (secondary N) is 2. The standard InChI is InChI=1S/C11H10F3N3O3S/c12-11(13,14)6-16-9(18)5-15-10-7-3-1-2-4-8(7)21(19,20)17-10/h1-4H,5-6H2,(H,15,17)(H,16,18). The average Bonchev–Trinajstić information content (AvgIpc) is 2.65. The van der Waals surface area contributed by atoms with Gasteiger partial charge in [0.15, 0.2) is 0 Å². The van der Waals surface area contributed by atoms with Crippen LogP contribution in [0.3, 0.4) is 0 Å². The van der Waals surface area contributed by atoms with Gasteiger partial charge in [0.25, 0.3) is 10.0 Å². The maximum absolute atomic E-state index is 11.9. The van der Waals surface area contributed by atoms with E-state index >= 15 is 0 Å². The molecule has 2 N–H and O–H groups in total. The van der Waals surface area contributed by atoms with Crippen LogP contribution in [-0.4, -0.2) is 39.4 Å². The quantitative estimate of drug-likeness (QED) is 0.845. The van der Waals surface area contributed by atoms with Crippen molar-refractivity contribution in [2.45, 2.75) is 11.1 Å². The van der Waals surface area contributed by atoms with E-state index in [-0.39, 0.29) is 16.3 Å². The third kappa shape index (κ3) is 3.72. The molecule has 1 heterocycles. The first-order valence-corrected chi connectivity index (χ1v) is 7.17. The van der Waals surface area contributed by atoms with Gasteiger partial charge in [-0.05, 0) is 12.1 Å². The van der Waals surface area contributed by atoms with Crippen LogP contribution in [-0.2, 0) is 14.8 Å². The number of nitrogens with zero attached hydrogens (tertiary/aromatic N) is 1. The number of halogens is 3. The number of amides is 1. The fraction of sp³-hybridized carbons (Fsp3) is 0.273. The minimum absolute atomic E-state index is 0.0134. The van der Waals surface area contributed by atoms with Gasteiger partial charge in [-0.2, -0.15) is 13.2 Å². The van der Waals surface area contributed by atoms with Crippen LogP contribution in [0.1, 0.15) is 5.56 Å². The van der Waals surface area contributed by atoms with Gasteiger partial charge in [0.1, 0.15) is 18.9 Å². The highest BCUT2D eigenvalue weighted by atomic mass is 32.2. The second kappa shape index (κ2) is 5.35. The van der Waals surface area contributed by atoms with Gasteiger partial charge in [-0.1, -0.05) is 12.1 Å². The van der Waals surface area contributed by atoms with Crippen LogP contribution in [0, 0.1) is 0 Å². The van der Waals surface area contributed by atoms with E-state index in [1.165, 1.54) is 18.2 Å². The molecular weight excluding hydrogens is 311 g/mol. The molecule has 10 heteroatoms. The second-order valence-corrected chi connectivity index (χ2v) is 5.81. The van der Waals surface area contributed by atoms with E-state index in [2.05, 4.69) is 9.71 Å². The summed E-state index contributed by atoms with van der Waals surface area (Å²) < 4.78 is 61.3. The Hall–Kier alpha value is -2.10. The van der Waals surface area contributed by atoms with Crippen LogP contribution in [0.4, 0.5) is 13.2 Å². The minimum Gasteiger partial charge on any atom is -0.345 e. The third-order valence-electron chi connectivity index (χ3n) is 2.53. The van der Waals surface area contributed by atoms with Gasteiger partial charge in [-0.25, -0.2) is 8.42 Å². The molecule has 0 unspecified atom stereocenters. The Morgan fingerprint density at radius 2 is 1.95 bits per heavy atom. The van der Waals surface area contributed by atoms with E-state index in [1.807, 2.05) is 0 Å². The first-order chi connectivity index (χ1) is 9.69. The van der Waals surface area contributed by atoms with Crippen molar-refractivity contribution < 1.29 is 26.4 Å². The van der Waals surface area contributed by atoms with Crippen LogP contribution in [0.2, 0.25) is 0 Å². The lowest BCUT2D eigenvalue weighted by molar-refractivity contribution is -0.137. The predicted octanol–water partition coefficient (Wildman–Crippen LogP) is 0.404. The van der Waals surface area contributed by atoms with Crippen molar-refractivity contribution in [3.8, 4) is 0 Å². The summed E-state index contributed by atoms with van der Waals surface area (Å²) >= 11 is 0. The molecule has 0 radical (unpaired) electrons. The lowest BCUT2D eigenvalue weighted by Crippen LogP contribution is -2.35. The molecule has 0 aromatic heterocycles. The summed E-state index contributed by atoms with van der Waals surface area (Å²) in [6.07, 6.45) is -4.51. The van der Waals surface area contributed by atoms with Gasteiger partial charge < -0.3 is 5.32 Å². The zero-order valence-corrected chi connectivity index (χ0v) is 11.3. The maximum atomic E-state index is 11.9. The SMILES string of the molecule is O=C(CN=C1NS(=O)(=O)c2ccccc21)NCC(F)(F)F. The van der Waals surface area contributed by atoms with Crippen molar-refractivity contribution in [2.75, 3.05) is 13.1 Å². The fourth-order valence-electron chi connectivity index (χ4n) is 1.66. The van der Waals surface area contributed by atoms with Crippen LogP contribution >= 0.6 is 0 Å². The number of rotatable bonds is 3. The molecule has 21 heavy (non-hydrogen) atoms. The third-order valence-corrected chi connectivity index (χ3v) is 3.93. The number of hydrogen-bond donors (Lipinski definition) is 2. The van der Waals surface area contributed by atoms with Crippen molar-refractivity contribution in [2.24, 2.45) is 4.99 Å². The zero-order chi connectivity index (χ0) is 15.7. The van der Waals surface area contributed by atoms with Gasteiger partial charge in [-0.3, -0.25) is 14.5 Å². The highest BCUT2D eigenvalue weighted by molar-refractivity contribution is 7.90. The summed E-state index contributed by atoms with van der Waals surface area (Å²) in [5, 5.41) is 1.64. The molecule has 114 valence electrons. The molecule has 0 atom stereocenters. The summed E-state index contributed by atoms with van der Waals surface area (Å²) in [4.78, 5) is 14.9. The Morgan fingerprint density at radius 1 is 1.29 bits per heavy atom. The topological polar surface area (TPSA) is 87.6 Å².